The second-order valence-electron chi connectivity index (χ2n) is 5.14. The second kappa shape index (κ2) is 7.65. The summed E-state index contributed by atoms with van der Waals surface area (Å²) >= 11 is 12.0. The van der Waals surface area contributed by atoms with E-state index in [0.29, 0.717) is 21.4 Å². The van der Waals surface area contributed by atoms with Crippen LogP contribution in [0, 0.1) is 0 Å². The Morgan fingerprint density at radius 3 is 2.68 bits per heavy atom. The molecule has 1 aromatic heterocycles. The molecule has 0 atom stereocenters. The van der Waals surface area contributed by atoms with Crippen LogP contribution in [-0.2, 0) is 11.3 Å². The fourth-order valence-corrected chi connectivity index (χ4v) is 2.63. The van der Waals surface area contributed by atoms with Gasteiger partial charge in [0.15, 0.2) is 5.69 Å². The van der Waals surface area contributed by atoms with Crippen LogP contribution in [0.4, 0.5) is 5.69 Å². The van der Waals surface area contributed by atoms with Crippen molar-refractivity contribution in [3.8, 4) is 5.69 Å². The summed E-state index contributed by atoms with van der Waals surface area (Å²) in [6, 6.07) is 14.2. The summed E-state index contributed by atoms with van der Waals surface area (Å²) in [6.07, 6.45) is 0. The maximum atomic E-state index is 12.6. The number of carbonyl (C=O) groups is 1. The van der Waals surface area contributed by atoms with E-state index in [1.54, 1.807) is 22.9 Å². The molecular weight excluding hydrogens is 363 g/mol. The first-order valence-corrected chi connectivity index (χ1v) is 8.11. The van der Waals surface area contributed by atoms with Gasteiger partial charge in [-0.25, -0.2) is 4.68 Å². The van der Waals surface area contributed by atoms with Crippen LogP contribution >= 0.6 is 23.2 Å². The van der Waals surface area contributed by atoms with E-state index < -0.39 is 5.91 Å². The molecule has 25 heavy (non-hydrogen) atoms. The van der Waals surface area contributed by atoms with Gasteiger partial charge in [-0.1, -0.05) is 46.6 Å². The molecule has 0 aliphatic heterocycles. The van der Waals surface area contributed by atoms with Crippen LogP contribution in [0.2, 0.25) is 10.0 Å². The smallest absolute Gasteiger partial charge is 0.278 e. The van der Waals surface area contributed by atoms with Gasteiger partial charge >= 0.3 is 0 Å². The first-order valence-electron chi connectivity index (χ1n) is 7.35. The predicted molar refractivity (Wildman–Crippen MR) is 96.5 cm³/mol. The summed E-state index contributed by atoms with van der Waals surface area (Å²) in [5.41, 5.74) is 1.87. The Balaban J connectivity index is 1.95. The van der Waals surface area contributed by atoms with Crippen molar-refractivity contribution < 1.29 is 9.53 Å². The van der Waals surface area contributed by atoms with Crippen molar-refractivity contribution in [2.75, 3.05) is 12.4 Å². The SMILES string of the molecule is COCc1c(C(=O)Nc2cc(Cl)ccc2Cl)nnn1-c1ccccc1. The van der Waals surface area contributed by atoms with Crippen molar-refractivity contribution >= 4 is 34.8 Å². The lowest BCUT2D eigenvalue weighted by molar-refractivity contribution is 0.101. The van der Waals surface area contributed by atoms with Gasteiger partial charge in [-0.3, -0.25) is 4.79 Å². The quantitative estimate of drug-likeness (QED) is 0.731. The highest BCUT2D eigenvalue weighted by atomic mass is 35.5. The zero-order valence-electron chi connectivity index (χ0n) is 13.2. The third-order valence-electron chi connectivity index (χ3n) is 3.44. The normalized spacial score (nSPS) is 10.7. The molecular formula is C17H14Cl2N4O2. The van der Waals surface area contributed by atoms with E-state index in [0.717, 1.165) is 5.69 Å². The monoisotopic (exact) mass is 376 g/mol. The highest BCUT2D eigenvalue weighted by Crippen LogP contribution is 2.26. The lowest BCUT2D eigenvalue weighted by Crippen LogP contribution is -2.16. The molecule has 0 unspecified atom stereocenters. The molecule has 0 saturated carbocycles. The molecule has 0 fully saturated rings. The number of methoxy groups -OCH3 is 1. The third kappa shape index (κ3) is 3.82. The molecule has 0 bridgehead atoms. The van der Waals surface area contributed by atoms with Crippen LogP contribution in [0.1, 0.15) is 16.2 Å². The van der Waals surface area contributed by atoms with Crippen LogP contribution in [-0.4, -0.2) is 28.0 Å². The summed E-state index contributed by atoms with van der Waals surface area (Å²) < 4.78 is 6.77. The molecule has 2 aromatic carbocycles. The lowest BCUT2D eigenvalue weighted by atomic mass is 10.2. The topological polar surface area (TPSA) is 69.0 Å². The summed E-state index contributed by atoms with van der Waals surface area (Å²) in [5, 5.41) is 11.6. The van der Waals surface area contributed by atoms with E-state index in [1.165, 1.54) is 7.11 Å². The van der Waals surface area contributed by atoms with Gasteiger partial charge in [0.1, 0.15) is 5.69 Å². The van der Waals surface area contributed by atoms with Gasteiger partial charge in [-0.05, 0) is 30.3 Å². The van der Waals surface area contributed by atoms with Crippen molar-refractivity contribution in [2.24, 2.45) is 0 Å². The predicted octanol–water partition coefficient (Wildman–Crippen LogP) is 3.97. The highest BCUT2D eigenvalue weighted by Gasteiger charge is 2.21. The van der Waals surface area contributed by atoms with Gasteiger partial charge in [0.25, 0.3) is 5.91 Å². The first kappa shape index (κ1) is 17.4. The van der Waals surface area contributed by atoms with Gasteiger partial charge in [0.05, 0.1) is 23.0 Å². The Morgan fingerprint density at radius 1 is 1.20 bits per heavy atom. The number of anilines is 1. The molecule has 3 rings (SSSR count). The van der Waals surface area contributed by atoms with Crippen molar-refractivity contribution in [1.29, 1.82) is 0 Å². The molecule has 0 aliphatic carbocycles. The minimum absolute atomic E-state index is 0.154. The summed E-state index contributed by atoms with van der Waals surface area (Å²) in [4.78, 5) is 12.6. The van der Waals surface area contributed by atoms with Crippen molar-refractivity contribution in [3.05, 3.63) is 70.0 Å². The van der Waals surface area contributed by atoms with E-state index in [4.69, 9.17) is 27.9 Å². The van der Waals surface area contributed by atoms with Crippen molar-refractivity contribution in [1.82, 2.24) is 15.0 Å². The standard InChI is InChI=1S/C17H14Cl2N4O2/c1-25-10-15-16(21-22-23(15)12-5-3-2-4-6-12)17(24)20-14-9-11(18)7-8-13(14)19/h2-9H,10H2,1H3,(H,20,24). The molecule has 1 N–H and O–H groups in total. The van der Waals surface area contributed by atoms with Gasteiger partial charge in [-0.2, -0.15) is 0 Å². The molecule has 8 heteroatoms. The molecule has 0 radical (unpaired) electrons. The van der Waals surface area contributed by atoms with E-state index in [-0.39, 0.29) is 12.3 Å². The van der Waals surface area contributed by atoms with Crippen molar-refractivity contribution in [3.63, 3.8) is 0 Å². The molecule has 0 saturated heterocycles. The number of benzene rings is 2. The highest BCUT2D eigenvalue weighted by molar-refractivity contribution is 6.35. The molecule has 0 spiro atoms. The average molecular weight is 377 g/mol. The number of aromatic nitrogens is 3. The molecule has 1 amide bonds. The molecule has 0 aliphatic rings. The maximum Gasteiger partial charge on any atom is 0.278 e. The molecule has 6 nitrogen and oxygen atoms in total. The van der Waals surface area contributed by atoms with Gasteiger partial charge in [0, 0.05) is 12.1 Å². The van der Waals surface area contributed by atoms with Gasteiger partial charge in [-0.15, -0.1) is 5.10 Å². The number of carbonyl (C=O) groups excluding carboxylic acids is 1. The summed E-state index contributed by atoms with van der Waals surface area (Å²) in [7, 11) is 1.54. The zero-order chi connectivity index (χ0) is 17.8. The Kier molecular flexibility index (Phi) is 5.33. The third-order valence-corrected chi connectivity index (χ3v) is 4.00. The van der Waals surface area contributed by atoms with E-state index >= 15 is 0 Å². The Hall–Kier alpha value is -2.41. The van der Waals surface area contributed by atoms with Gasteiger partial charge < -0.3 is 10.1 Å². The van der Waals surface area contributed by atoms with Gasteiger partial charge in [0.2, 0.25) is 0 Å². The number of hydrogen-bond donors (Lipinski definition) is 1. The Labute approximate surface area is 154 Å². The Bertz CT molecular complexity index is 897. The van der Waals surface area contributed by atoms with Crippen molar-refractivity contribution in [2.45, 2.75) is 6.61 Å². The molecule has 1 heterocycles. The van der Waals surface area contributed by atoms with E-state index in [9.17, 15) is 4.79 Å². The van der Waals surface area contributed by atoms with E-state index in [2.05, 4.69) is 15.6 Å². The summed E-state index contributed by atoms with van der Waals surface area (Å²) in [5.74, 6) is -0.446. The molecule has 3 aromatic rings. The van der Waals surface area contributed by atoms with Crippen LogP contribution in [0.25, 0.3) is 5.69 Å². The summed E-state index contributed by atoms with van der Waals surface area (Å²) in [6.45, 7) is 0.175. The fourth-order valence-electron chi connectivity index (χ4n) is 2.30. The van der Waals surface area contributed by atoms with Crippen LogP contribution in [0.5, 0.6) is 0 Å². The zero-order valence-corrected chi connectivity index (χ0v) is 14.8. The fraction of sp³-hybridized carbons (Fsp3) is 0.118. The molecule has 128 valence electrons. The minimum Gasteiger partial charge on any atom is -0.378 e. The number of para-hydroxylation sites is 1. The largest absolute Gasteiger partial charge is 0.378 e. The second-order valence-corrected chi connectivity index (χ2v) is 5.99. The maximum absolute atomic E-state index is 12.6. The number of hydrogen-bond acceptors (Lipinski definition) is 4. The number of ether oxygens (including phenoxy) is 1. The number of nitrogens with one attached hydrogen (secondary N) is 1. The Morgan fingerprint density at radius 2 is 1.96 bits per heavy atom. The van der Waals surface area contributed by atoms with Crippen LogP contribution in [0.3, 0.4) is 0 Å². The lowest BCUT2D eigenvalue weighted by Gasteiger charge is -2.09. The van der Waals surface area contributed by atoms with E-state index in [1.807, 2.05) is 30.3 Å². The van der Waals surface area contributed by atoms with Crippen LogP contribution < -0.4 is 5.32 Å². The minimum atomic E-state index is -0.446. The van der Waals surface area contributed by atoms with Crippen LogP contribution in [0.15, 0.2) is 48.5 Å². The first-order chi connectivity index (χ1) is 12.1. The number of nitrogens with zero attached hydrogens (tertiary/aromatic N) is 3. The number of amides is 1. The number of rotatable bonds is 5. The number of halogens is 2. The average Bonchev–Trinajstić information content (AvgIpc) is 3.03.